The van der Waals surface area contributed by atoms with Crippen LogP contribution < -0.4 is 5.63 Å². The predicted octanol–water partition coefficient (Wildman–Crippen LogP) is 5.25. The van der Waals surface area contributed by atoms with Crippen molar-refractivity contribution in [1.29, 1.82) is 0 Å². The van der Waals surface area contributed by atoms with Crippen molar-refractivity contribution in [3.8, 4) is 20.9 Å². The van der Waals surface area contributed by atoms with Gasteiger partial charge in [0.2, 0.25) is 0 Å². The Hall–Kier alpha value is -2.17. The van der Waals surface area contributed by atoms with E-state index in [1.807, 2.05) is 41.8 Å². The minimum absolute atomic E-state index is 0.283. The molecule has 0 fully saturated rings. The van der Waals surface area contributed by atoms with Crippen molar-refractivity contribution in [1.82, 2.24) is 0 Å². The first-order chi connectivity index (χ1) is 10.3. The van der Waals surface area contributed by atoms with Gasteiger partial charge in [0, 0.05) is 15.1 Å². The van der Waals surface area contributed by atoms with Gasteiger partial charge in [-0.15, -0.1) is 22.7 Å². The molecule has 4 heteroatoms. The fourth-order valence-corrected chi connectivity index (χ4v) is 3.78. The molecule has 0 saturated carbocycles. The summed E-state index contributed by atoms with van der Waals surface area (Å²) in [4.78, 5) is 14.2. The average Bonchev–Trinajstić information content (AvgIpc) is 3.19. The Morgan fingerprint density at radius 2 is 1.62 bits per heavy atom. The molecule has 21 heavy (non-hydrogen) atoms. The molecule has 0 spiro atoms. The lowest BCUT2D eigenvalue weighted by Gasteiger charge is -2.03. The molecule has 4 rings (SSSR count). The number of benzene rings is 1. The molecule has 0 N–H and O–H groups in total. The Bertz CT molecular complexity index is 948. The van der Waals surface area contributed by atoms with E-state index in [-0.39, 0.29) is 5.63 Å². The van der Waals surface area contributed by atoms with Crippen LogP contribution in [-0.4, -0.2) is 0 Å². The minimum atomic E-state index is -0.283. The van der Waals surface area contributed by atoms with Gasteiger partial charge in [-0.3, -0.25) is 0 Å². The molecule has 1 aromatic carbocycles. The van der Waals surface area contributed by atoms with E-state index >= 15 is 0 Å². The monoisotopic (exact) mass is 310 g/mol. The van der Waals surface area contributed by atoms with E-state index in [0.29, 0.717) is 11.1 Å². The quantitative estimate of drug-likeness (QED) is 0.473. The number of hydrogen-bond donors (Lipinski definition) is 0. The topological polar surface area (TPSA) is 30.2 Å². The summed E-state index contributed by atoms with van der Waals surface area (Å²) in [7, 11) is 0. The van der Waals surface area contributed by atoms with Crippen molar-refractivity contribution < 1.29 is 4.42 Å². The van der Waals surface area contributed by atoms with Gasteiger partial charge in [0.1, 0.15) is 5.58 Å². The first-order valence-corrected chi connectivity index (χ1v) is 8.23. The molecule has 0 radical (unpaired) electrons. The van der Waals surface area contributed by atoms with E-state index in [0.717, 1.165) is 15.8 Å². The molecule has 0 aliphatic heterocycles. The highest BCUT2D eigenvalue weighted by molar-refractivity contribution is 7.13. The van der Waals surface area contributed by atoms with Gasteiger partial charge in [0.25, 0.3) is 0 Å². The predicted molar refractivity (Wildman–Crippen MR) is 89.1 cm³/mol. The largest absolute Gasteiger partial charge is 0.422 e. The lowest BCUT2D eigenvalue weighted by molar-refractivity contribution is 0.564. The summed E-state index contributed by atoms with van der Waals surface area (Å²) in [6, 6.07) is 15.8. The summed E-state index contributed by atoms with van der Waals surface area (Å²) in [5.74, 6) is 0. The second-order valence-electron chi connectivity index (χ2n) is 4.65. The Morgan fingerprint density at radius 3 is 2.33 bits per heavy atom. The van der Waals surface area contributed by atoms with E-state index in [4.69, 9.17) is 4.42 Å². The Morgan fingerprint density at radius 1 is 0.857 bits per heavy atom. The third-order valence-corrected chi connectivity index (χ3v) is 5.15. The Balaban J connectivity index is 1.94. The van der Waals surface area contributed by atoms with Crippen molar-refractivity contribution in [3.05, 3.63) is 69.7 Å². The van der Waals surface area contributed by atoms with Crippen LogP contribution in [0.1, 0.15) is 0 Å². The molecular weight excluding hydrogens is 300 g/mol. The zero-order chi connectivity index (χ0) is 14.2. The van der Waals surface area contributed by atoms with Crippen LogP contribution in [0.4, 0.5) is 0 Å². The summed E-state index contributed by atoms with van der Waals surface area (Å²) in [5.41, 5.74) is 2.11. The van der Waals surface area contributed by atoms with Crippen LogP contribution >= 0.6 is 22.7 Å². The lowest BCUT2D eigenvalue weighted by atomic mass is 10.1. The van der Waals surface area contributed by atoms with Gasteiger partial charge in [0.05, 0.1) is 5.56 Å². The summed E-state index contributed by atoms with van der Waals surface area (Å²) in [6.45, 7) is 0. The molecule has 0 bridgehead atoms. The Kier molecular flexibility index (Phi) is 2.98. The molecule has 0 aliphatic carbocycles. The van der Waals surface area contributed by atoms with Crippen molar-refractivity contribution in [2.75, 3.05) is 0 Å². The zero-order valence-corrected chi connectivity index (χ0v) is 12.5. The van der Waals surface area contributed by atoms with Crippen molar-refractivity contribution >= 4 is 33.6 Å². The van der Waals surface area contributed by atoms with E-state index < -0.39 is 0 Å². The van der Waals surface area contributed by atoms with Crippen molar-refractivity contribution in [3.63, 3.8) is 0 Å². The second-order valence-corrected chi connectivity index (χ2v) is 6.55. The molecule has 0 amide bonds. The fourth-order valence-electron chi connectivity index (χ4n) is 2.32. The first kappa shape index (κ1) is 12.6. The van der Waals surface area contributed by atoms with Gasteiger partial charge in [-0.1, -0.05) is 12.1 Å². The highest BCUT2D eigenvalue weighted by Crippen LogP contribution is 2.30. The molecule has 0 atom stereocenters. The van der Waals surface area contributed by atoms with E-state index in [1.54, 1.807) is 22.7 Å². The van der Waals surface area contributed by atoms with Gasteiger partial charge in [-0.2, -0.15) is 0 Å². The number of thiophene rings is 2. The summed E-state index contributed by atoms with van der Waals surface area (Å²) in [5, 5.41) is 4.96. The van der Waals surface area contributed by atoms with Crippen LogP contribution in [0, 0.1) is 0 Å². The first-order valence-electron chi connectivity index (χ1n) is 6.47. The fraction of sp³-hybridized carbons (Fsp3) is 0. The molecule has 2 nitrogen and oxygen atoms in total. The van der Waals surface area contributed by atoms with Crippen molar-refractivity contribution in [2.45, 2.75) is 0 Å². The zero-order valence-electron chi connectivity index (χ0n) is 10.9. The van der Waals surface area contributed by atoms with Gasteiger partial charge in [-0.25, -0.2) is 4.79 Å². The van der Waals surface area contributed by atoms with E-state index in [9.17, 15) is 4.79 Å². The van der Waals surface area contributed by atoms with Crippen LogP contribution in [-0.2, 0) is 0 Å². The number of rotatable bonds is 2. The minimum Gasteiger partial charge on any atom is -0.422 e. The third kappa shape index (κ3) is 2.22. The van der Waals surface area contributed by atoms with Gasteiger partial charge in [-0.05, 0) is 52.7 Å². The summed E-state index contributed by atoms with van der Waals surface area (Å²) >= 11 is 3.24. The van der Waals surface area contributed by atoms with E-state index in [1.165, 1.54) is 4.88 Å². The molecule has 0 aliphatic rings. The number of hydrogen-bond acceptors (Lipinski definition) is 4. The lowest BCUT2D eigenvalue weighted by Crippen LogP contribution is -2.01. The average molecular weight is 310 g/mol. The van der Waals surface area contributed by atoms with Crippen LogP contribution in [0.5, 0.6) is 0 Å². The van der Waals surface area contributed by atoms with Crippen LogP contribution in [0.25, 0.3) is 31.9 Å². The van der Waals surface area contributed by atoms with Crippen LogP contribution in [0.3, 0.4) is 0 Å². The molecule has 3 heterocycles. The Labute approximate surface area is 128 Å². The number of fused-ring (bicyclic) bond motifs is 1. The van der Waals surface area contributed by atoms with Gasteiger partial charge >= 0.3 is 5.63 Å². The molecular formula is C17H10O2S2. The summed E-state index contributed by atoms with van der Waals surface area (Å²) in [6.07, 6.45) is 0. The molecule has 0 unspecified atom stereocenters. The SMILES string of the molecule is O=c1oc2ccc(-c3cccs3)cc2cc1-c1cccs1. The summed E-state index contributed by atoms with van der Waals surface area (Å²) < 4.78 is 5.44. The normalized spacial score (nSPS) is 11.0. The maximum absolute atomic E-state index is 12.1. The standard InChI is InChI=1S/C17H10O2S2/c18-17-13(16-4-2-8-21-16)10-12-9-11(5-6-14(12)19-17)15-3-1-7-20-15/h1-10H. The van der Waals surface area contributed by atoms with Crippen molar-refractivity contribution in [2.24, 2.45) is 0 Å². The third-order valence-electron chi connectivity index (χ3n) is 3.32. The smallest absolute Gasteiger partial charge is 0.345 e. The van der Waals surface area contributed by atoms with Crippen LogP contribution in [0.15, 0.2) is 68.5 Å². The second kappa shape index (κ2) is 4.98. The molecule has 0 saturated heterocycles. The van der Waals surface area contributed by atoms with Gasteiger partial charge in [0.15, 0.2) is 0 Å². The van der Waals surface area contributed by atoms with Gasteiger partial charge < -0.3 is 4.42 Å². The van der Waals surface area contributed by atoms with E-state index in [2.05, 4.69) is 17.5 Å². The molecule has 102 valence electrons. The maximum Gasteiger partial charge on any atom is 0.345 e. The maximum atomic E-state index is 12.1. The molecule has 3 aromatic heterocycles. The van der Waals surface area contributed by atoms with Crippen LogP contribution in [0.2, 0.25) is 0 Å². The highest BCUT2D eigenvalue weighted by atomic mass is 32.1. The molecule has 4 aromatic rings. The highest BCUT2D eigenvalue weighted by Gasteiger charge is 2.09.